The third kappa shape index (κ3) is 7.61. The maximum absolute atomic E-state index is 12.5. The fraction of sp³-hybridized carbons (Fsp3) is 0.500. The smallest absolute Gasteiger partial charge is 0.478 e. The fourth-order valence-electron chi connectivity index (χ4n) is 5.12. The lowest BCUT2D eigenvalue weighted by Gasteiger charge is -2.26. The summed E-state index contributed by atoms with van der Waals surface area (Å²) < 4.78 is 51.8. The normalized spacial score (nSPS) is 29.9. The Kier molecular flexibility index (Phi) is 10.4. The minimum absolute atomic E-state index is 0.0359. The predicted octanol–water partition coefficient (Wildman–Crippen LogP) is -3.52. The number of Topliss-reactive ketones (excluding diaryl/α,β-unsaturated/α-hetero) is 1. The van der Waals surface area contributed by atoms with Crippen molar-refractivity contribution in [2.45, 2.75) is 62.4 Å². The summed E-state index contributed by atoms with van der Waals surface area (Å²) in [6.07, 6.45) is -7.66. The van der Waals surface area contributed by atoms with Crippen LogP contribution in [0.1, 0.15) is 35.3 Å². The largest absolute Gasteiger partial charge is 0.756 e. The van der Waals surface area contributed by atoms with Gasteiger partial charge in [0.15, 0.2) is 36.2 Å². The lowest BCUT2D eigenvalue weighted by Crippen LogP contribution is -2.46. The second-order valence-corrected chi connectivity index (χ2v) is 13.8. The van der Waals surface area contributed by atoms with Gasteiger partial charge in [0.2, 0.25) is 0 Å². The molecule has 10 atom stereocenters. The van der Waals surface area contributed by atoms with Gasteiger partial charge in [0.1, 0.15) is 53.7 Å². The molecule has 9 N–H and O–H groups in total. The average molecular weight is 719 g/mol. The Hall–Kier alpha value is -3.34. The Labute approximate surface area is 269 Å². The Morgan fingerprint density at radius 1 is 1.04 bits per heavy atom. The van der Waals surface area contributed by atoms with Gasteiger partial charge in [-0.15, -0.1) is 0 Å². The molecule has 3 aromatic rings. The summed E-state index contributed by atoms with van der Waals surface area (Å²) in [7, 11) is -11.1. The van der Waals surface area contributed by atoms with Gasteiger partial charge in [-0.1, -0.05) is 0 Å². The van der Waals surface area contributed by atoms with Gasteiger partial charge in [0, 0.05) is 12.5 Å². The molecular formula is C24H31N7O15P2. The lowest BCUT2D eigenvalue weighted by molar-refractivity contribution is -0.765. The summed E-state index contributed by atoms with van der Waals surface area (Å²) in [4.78, 5) is 57.7. The van der Waals surface area contributed by atoms with E-state index in [0.717, 1.165) is 6.33 Å². The van der Waals surface area contributed by atoms with Gasteiger partial charge in [-0.2, -0.15) is 4.57 Å². The molecule has 2 aliphatic rings. The standard InChI is InChI=1S/C24H31N7O15P2/c1-10(32)4-11-2-3-30(5-12(11)21(26)37)23-18(35)16(33)13(44-23)6-42-47(38,39)46-48(40,41)43-7-14-17(34)19(36)24(45-14)31-9-29-15-20(25)27-8-28-22(15)31/h2-3,5,8-9,13-14,16-19,23-24,33-36H,4,6-7H2,1H3,(H5-,25,26,27,28,37,38,39,40,41)/t13-,14-,16-,17-,18-,19-,23-,24-/m1/s1. The highest BCUT2D eigenvalue weighted by molar-refractivity contribution is 7.60. The highest BCUT2D eigenvalue weighted by Gasteiger charge is 2.49. The van der Waals surface area contributed by atoms with E-state index >= 15 is 0 Å². The van der Waals surface area contributed by atoms with Crippen LogP contribution in [-0.2, 0) is 43.2 Å². The van der Waals surface area contributed by atoms with Crippen molar-refractivity contribution >= 4 is 44.3 Å². The number of phosphoric acid groups is 2. The van der Waals surface area contributed by atoms with Crippen molar-refractivity contribution in [3.05, 3.63) is 42.2 Å². The van der Waals surface area contributed by atoms with Crippen molar-refractivity contribution in [3.8, 4) is 0 Å². The van der Waals surface area contributed by atoms with Gasteiger partial charge in [-0.3, -0.25) is 23.2 Å². The van der Waals surface area contributed by atoms with Crippen LogP contribution in [-0.4, -0.2) is 106 Å². The third-order valence-electron chi connectivity index (χ3n) is 7.41. The number of amides is 1. The number of nitrogens with zero attached hydrogens (tertiary/aromatic N) is 5. The van der Waals surface area contributed by atoms with E-state index < -0.39 is 83.8 Å². The number of hydrogen-bond acceptors (Lipinski definition) is 18. The van der Waals surface area contributed by atoms with Crippen LogP contribution in [0.2, 0.25) is 0 Å². The number of imidazole rings is 1. The molecule has 1 amide bonds. The molecular weight excluding hydrogens is 688 g/mol. The number of nitrogens with two attached hydrogens (primary N) is 2. The number of phosphoric ester groups is 2. The van der Waals surface area contributed by atoms with Crippen molar-refractivity contribution in [2.75, 3.05) is 18.9 Å². The second-order valence-electron chi connectivity index (χ2n) is 10.8. The van der Waals surface area contributed by atoms with Crippen molar-refractivity contribution in [1.29, 1.82) is 0 Å². The molecule has 5 rings (SSSR count). The Morgan fingerprint density at radius 3 is 2.40 bits per heavy atom. The molecule has 0 saturated carbocycles. The van der Waals surface area contributed by atoms with E-state index in [-0.39, 0.29) is 34.7 Å². The van der Waals surface area contributed by atoms with E-state index in [1.807, 2.05) is 0 Å². The number of anilines is 1. The molecule has 0 aromatic carbocycles. The molecule has 5 heterocycles. The molecule has 262 valence electrons. The number of aliphatic hydroxyl groups is 4. The average Bonchev–Trinajstić information content (AvgIpc) is 3.65. The molecule has 0 aliphatic carbocycles. The summed E-state index contributed by atoms with van der Waals surface area (Å²) in [5.74, 6) is -1.10. The number of rotatable bonds is 13. The predicted molar refractivity (Wildman–Crippen MR) is 152 cm³/mol. The molecule has 0 spiro atoms. The number of pyridine rings is 1. The number of aromatic nitrogens is 5. The van der Waals surface area contributed by atoms with Crippen LogP contribution in [0.4, 0.5) is 5.82 Å². The summed E-state index contributed by atoms with van der Waals surface area (Å²) in [5, 5.41) is 41.9. The zero-order valence-corrected chi connectivity index (χ0v) is 26.5. The molecule has 48 heavy (non-hydrogen) atoms. The van der Waals surface area contributed by atoms with Crippen LogP contribution >= 0.6 is 15.6 Å². The minimum atomic E-state index is -5.67. The third-order valence-corrected chi connectivity index (χ3v) is 9.97. The first-order valence-corrected chi connectivity index (χ1v) is 16.9. The van der Waals surface area contributed by atoms with E-state index in [1.54, 1.807) is 0 Å². The van der Waals surface area contributed by atoms with Crippen LogP contribution in [0.3, 0.4) is 0 Å². The maximum Gasteiger partial charge on any atom is 0.478 e. The number of nitrogen functional groups attached to an aromatic ring is 1. The molecule has 3 aromatic heterocycles. The molecule has 2 fully saturated rings. The fourth-order valence-corrected chi connectivity index (χ4v) is 7.17. The number of carbonyl (C=O) groups excluding carboxylic acids is 2. The first-order chi connectivity index (χ1) is 22.5. The molecule has 2 aliphatic heterocycles. The first kappa shape index (κ1) is 36.0. The SMILES string of the molecule is CC(=O)Cc1cc[n+]([C@@H]2O[C@H](COP(=O)([O-])OP(=O)(O)OC[C@H]3O[C@@H](n4cnc5c(N)ncnc54)[C@H](O)[C@@H]3O)[C@@H](O)[C@H]2O)cc1C(N)=O. The highest BCUT2D eigenvalue weighted by atomic mass is 31.3. The van der Waals surface area contributed by atoms with Gasteiger partial charge >= 0.3 is 7.82 Å². The number of fused-ring (bicyclic) bond motifs is 1. The number of carbonyl (C=O) groups is 2. The Bertz CT molecular complexity index is 1800. The summed E-state index contributed by atoms with van der Waals surface area (Å²) >= 11 is 0. The topological polar surface area (TPSA) is 338 Å². The number of ketones is 1. The van der Waals surface area contributed by atoms with Gasteiger partial charge < -0.3 is 55.7 Å². The monoisotopic (exact) mass is 719 g/mol. The van der Waals surface area contributed by atoms with Crippen LogP contribution in [0.5, 0.6) is 0 Å². The van der Waals surface area contributed by atoms with Crippen LogP contribution in [0, 0.1) is 0 Å². The molecule has 0 radical (unpaired) electrons. The van der Waals surface area contributed by atoms with E-state index in [0.29, 0.717) is 5.56 Å². The van der Waals surface area contributed by atoms with Gasteiger partial charge in [0.05, 0.1) is 19.5 Å². The van der Waals surface area contributed by atoms with Crippen molar-refractivity contribution in [3.63, 3.8) is 0 Å². The molecule has 22 nitrogen and oxygen atoms in total. The van der Waals surface area contributed by atoms with Crippen LogP contribution in [0.15, 0.2) is 31.1 Å². The number of ether oxygens (including phenoxy) is 2. The van der Waals surface area contributed by atoms with Gasteiger partial charge in [-0.25, -0.2) is 23.8 Å². The number of aliphatic hydroxyl groups excluding tert-OH is 4. The van der Waals surface area contributed by atoms with Crippen molar-refractivity contribution < 1.29 is 76.3 Å². The van der Waals surface area contributed by atoms with Gasteiger partial charge in [-0.05, 0) is 12.5 Å². The van der Waals surface area contributed by atoms with E-state index in [1.165, 1.54) is 40.8 Å². The molecule has 2 saturated heterocycles. The van der Waals surface area contributed by atoms with Gasteiger partial charge in [0.25, 0.3) is 20.0 Å². The van der Waals surface area contributed by atoms with E-state index in [4.69, 9.17) is 20.9 Å². The van der Waals surface area contributed by atoms with Crippen LogP contribution < -0.4 is 20.9 Å². The number of primary amides is 1. The van der Waals surface area contributed by atoms with Crippen LogP contribution in [0.25, 0.3) is 11.2 Å². The van der Waals surface area contributed by atoms with Crippen molar-refractivity contribution in [1.82, 2.24) is 19.5 Å². The van der Waals surface area contributed by atoms with E-state index in [2.05, 4.69) is 28.3 Å². The number of hydrogen-bond donors (Lipinski definition) is 7. The summed E-state index contributed by atoms with van der Waals surface area (Å²) in [6, 6.07) is 1.38. The quantitative estimate of drug-likeness (QED) is 0.0665. The molecule has 2 unspecified atom stereocenters. The molecule has 24 heteroatoms. The zero-order valence-electron chi connectivity index (χ0n) is 24.7. The summed E-state index contributed by atoms with van der Waals surface area (Å²) in [6.45, 7) is -0.642. The van der Waals surface area contributed by atoms with E-state index in [9.17, 15) is 48.9 Å². The minimum Gasteiger partial charge on any atom is -0.756 e. The summed E-state index contributed by atoms with van der Waals surface area (Å²) in [5.41, 5.74) is 11.7. The second kappa shape index (κ2) is 13.9. The maximum atomic E-state index is 12.5. The highest BCUT2D eigenvalue weighted by Crippen LogP contribution is 2.58. The first-order valence-electron chi connectivity index (χ1n) is 13.9. The van der Waals surface area contributed by atoms with Crippen molar-refractivity contribution in [2.24, 2.45) is 5.73 Å². The zero-order chi connectivity index (χ0) is 35.1. The lowest BCUT2D eigenvalue weighted by atomic mass is 10.0. The Morgan fingerprint density at radius 2 is 1.71 bits per heavy atom. The Balaban J connectivity index is 1.17. The molecule has 0 bridgehead atoms.